The second kappa shape index (κ2) is 5.10. The quantitative estimate of drug-likeness (QED) is 0.878. The van der Waals surface area contributed by atoms with Gasteiger partial charge in [0.05, 0.1) is 6.54 Å². The number of nitrogens with one attached hydrogen (secondary N) is 1. The van der Waals surface area contributed by atoms with Crippen molar-refractivity contribution in [1.82, 2.24) is 15.5 Å². The third-order valence-electron chi connectivity index (χ3n) is 2.40. The average molecular weight is 231 g/mol. The number of rotatable bonds is 4. The number of nitrogens with zero attached hydrogens (tertiary/aromatic N) is 2. The van der Waals surface area contributed by atoms with Gasteiger partial charge in [0.25, 0.3) is 5.89 Å². The largest absolute Gasteiger partial charge is 0.334 e. The van der Waals surface area contributed by atoms with Gasteiger partial charge in [-0.2, -0.15) is 4.98 Å². The Morgan fingerprint density at radius 2 is 2.18 bits per heavy atom. The molecule has 0 amide bonds. The highest BCUT2D eigenvalue weighted by molar-refractivity contribution is 5.53. The fourth-order valence-corrected chi connectivity index (χ4v) is 1.52. The molecule has 0 unspecified atom stereocenters. The van der Waals surface area contributed by atoms with Crippen molar-refractivity contribution >= 4 is 0 Å². The van der Waals surface area contributed by atoms with Gasteiger partial charge in [-0.05, 0) is 19.1 Å². The zero-order valence-corrected chi connectivity index (χ0v) is 10.4. The van der Waals surface area contributed by atoms with Crippen LogP contribution in [0.4, 0.5) is 0 Å². The molecule has 2 aromatic rings. The molecule has 4 nitrogen and oxygen atoms in total. The molecule has 0 saturated carbocycles. The minimum Gasteiger partial charge on any atom is -0.334 e. The van der Waals surface area contributed by atoms with Crippen LogP contribution in [0, 0.1) is 6.92 Å². The molecule has 1 heterocycles. The first-order valence-electron chi connectivity index (χ1n) is 5.78. The second-order valence-electron chi connectivity index (χ2n) is 4.42. The summed E-state index contributed by atoms with van der Waals surface area (Å²) in [5, 5.41) is 7.20. The summed E-state index contributed by atoms with van der Waals surface area (Å²) in [6.07, 6.45) is 0. The van der Waals surface area contributed by atoms with Crippen LogP contribution >= 0.6 is 0 Å². The lowest BCUT2D eigenvalue weighted by molar-refractivity contribution is 0.417. The number of benzene rings is 1. The van der Waals surface area contributed by atoms with E-state index in [1.165, 1.54) is 5.56 Å². The number of aryl methyl sites for hydroxylation is 1. The lowest BCUT2D eigenvalue weighted by atomic mass is 10.1. The lowest BCUT2D eigenvalue weighted by Crippen LogP contribution is -2.22. The molecule has 0 aliphatic rings. The van der Waals surface area contributed by atoms with Gasteiger partial charge in [0, 0.05) is 11.6 Å². The standard InChI is InChI=1S/C13H17N3O/c1-9(2)14-8-12-15-13(17-16-12)11-6-4-5-10(3)7-11/h4-7,9,14H,8H2,1-3H3. The summed E-state index contributed by atoms with van der Waals surface area (Å²) in [6, 6.07) is 8.45. The molecule has 90 valence electrons. The third-order valence-corrected chi connectivity index (χ3v) is 2.40. The molecule has 4 heteroatoms. The molecular formula is C13H17N3O. The van der Waals surface area contributed by atoms with E-state index in [2.05, 4.69) is 29.3 Å². The van der Waals surface area contributed by atoms with Crippen LogP contribution < -0.4 is 5.32 Å². The minimum absolute atomic E-state index is 0.413. The first-order valence-corrected chi connectivity index (χ1v) is 5.78. The van der Waals surface area contributed by atoms with Crippen LogP contribution in [0.5, 0.6) is 0 Å². The monoisotopic (exact) mass is 231 g/mol. The Balaban J connectivity index is 2.12. The van der Waals surface area contributed by atoms with Gasteiger partial charge in [-0.3, -0.25) is 0 Å². The van der Waals surface area contributed by atoms with Crippen LogP contribution in [-0.2, 0) is 6.54 Å². The fourth-order valence-electron chi connectivity index (χ4n) is 1.52. The van der Waals surface area contributed by atoms with E-state index in [1.54, 1.807) is 0 Å². The Bertz CT molecular complexity index is 491. The Labute approximate surface area is 101 Å². The van der Waals surface area contributed by atoms with E-state index >= 15 is 0 Å². The molecule has 0 bridgehead atoms. The van der Waals surface area contributed by atoms with Gasteiger partial charge < -0.3 is 9.84 Å². The van der Waals surface area contributed by atoms with E-state index in [4.69, 9.17) is 4.52 Å². The third kappa shape index (κ3) is 3.14. The van der Waals surface area contributed by atoms with E-state index in [0.29, 0.717) is 24.3 Å². The summed E-state index contributed by atoms with van der Waals surface area (Å²) in [6.45, 7) is 6.84. The highest BCUT2D eigenvalue weighted by atomic mass is 16.5. The Hall–Kier alpha value is -1.68. The van der Waals surface area contributed by atoms with Gasteiger partial charge in [0.1, 0.15) is 0 Å². The van der Waals surface area contributed by atoms with Crippen LogP contribution in [0.2, 0.25) is 0 Å². The van der Waals surface area contributed by atoms with E-state index in [1.807, 2.05) is 31.2 Å². The Kier molecular flexibility index (Phi) is 3.54. The predicted molar refractivity (Wildman–Crippen MR) is 66.4 cm³/mol. The molecule has 17 heavy (non-hydrogen) atoms. The SMILES string of the molecule is Cc1cccc(-c2nc(CNC(C)C)no2)c1. The van der Waals surface area contributed by atoms with Crippen LogP contribution in [0.25, 0.3) is 11.5 Å². The smallest absolute Gasteiger partial charge is 0.257 e. The summed E-state index contributed by atoms with van der Waals surface area (Å²) in [5.41, 5.74) is 2.15. The lowest BCUT2D eigenvalue weighted by Gasteiger charge is -2.03. The van der Waals surface area contributed by atoms with Crippen molar-refractivity contribution in [1.29, 1.82) is 0 Å². The van der Waals surface area contributed by atoms with Gasteiger partial charge in [-0.15, -0.1) is 0 Å². The van der Waals surface area contributed by atoms with Crippen molar-refractivity contribution in [2.75, 3.05) is 0 Å². The van der Waals surface area contributed by atoms with E-state index in [0.717, 1.165) is 5.56 Å². The normalized spacial score (nSPS) is 11.1. The second-order valence-corrected chi connectivity index (χ2v) is 4.42. The van der Waals surface area contributed by atoms with E-state index in [9.17, 15) is 0 Å². The van der Waals surface area contributed by atoms with Crippen LogP contribution in [0.15, 0.2) is 28.8 Å². The first-order chi connectivity index (χ1) is 8.15. The van der Waals surface area contributed by atoms with Gasteiger partial charge in [0.15, 0.2) is 5.82 Å². The van der Waals surface area contributed by atoms with Crippen molar-refractivity contribution in [3.8, 4) is 11.5 Å². The molecule has 2 rings (SSSR count). The van der Waals surface area contributed by atoms with Gasteiger partial charge in [-0.25, -0.2) is 0 Å². The minimum atomic E-state index is 0.413. The van der Waals surface area contributed by atoms with Crippen LogP contribution in [0.3, 0.4) is 0 Å². The molecule has 0 saturated heterocycles. The van der Waals surface area contributed by atoms with Crippen molar-refractivity contribution < 1.29 is 4.52 Å². The van der Waals surface area contributed by atoms with Crippen molar-refractivity contribution in [3.63, 3.8) is 0 Å². The van der Waals surface area contributed by atoms with E-state index < -0.39 is 0 Å². The highest BCUT2D eigenvalue weighted by Gasteiger charge is 2.08. The first kappa shape index (κ1) is 11.8. The predicted octanol–water partition coefficient (Wildman–Crippen LogP) is 2.54. The maximum Gasteiger partial charge on any atom is 0.257 e. The summed E-state index contributed by atoms with van der Waals surface area (Å²) >= 11 is 0. The number of aromatic nitrogens is 2. The Morgan fingerprint density at radius 1 is 1.35 bits per heavy atom. The zero-order valence-electron chi connectivity index (χ0n) is 10.4. The molecule has 0 aliphatic carbocycles. The molecule has 0 fully saturated rings. The van der Waals surface area contributed by atoms with Gasteiger partial charge >= 0.3 is 0 Å². The van der Waals surface area contributed by atoms with Crippen LogP contribution in [0.1, 0.15) is 25.2 Å². The average Bonchev–Trinajstić information content (AvgIpc) is 2.75. The molecule has 1 N–H and O–H groups in total. The molecule has 0 radical (unpaired) electrons. The van der Waals surface area contributed by atoms with Gasteiger partial charge in [-0.1, -0.05) is 36.7 Å². The van der Waals surface area contributed by atoms with Gasteiger partial charge in [0.2, 0.25) is 0 Å². The number of hydrogen-bond acceptors (Lipinski definition) is 4. The van der Waals surface area contributed by atoms with Crippen molar-refractivity contribution in [3.05, 3.63) is 35.7 Å². The number of hydrogen-bond donors (Lipinski definition) is 1. The molecule has 0 atom stereocenters. The highest BCUT2D eigenvalue weighted by Crippen LogP contribution is 2.17. The van der Waals surface area contributed by atoms with Crippen molar-refractivity contribution in [2.45, 2.75) is 33.4 Å². The van der Waals surface area contributed by atoms with E-state index in [-0.39, 0.29) is 0 Å². The van der Waals surface area contributed by atoms with Crippen LogP contribution in [-0.4, -0.2) is 16.2 Å². The molecule has 0 aliphatic heterocycles. The topological polar surface area (TPSA) is 51.0 Å². The molecular weight excluding hydrogens is 214 g/mol. The molecule has 1 aromatic carbocycles. The maximum atomic E-state index is 5.24. The Morgan fingerprint density at radius 3 is 2.88 bits per heavy atom. The van der Waals surface area contributed by atoms with Crippen molar-refractivity contribution in [2.24, 2.45) is 0 Å². The summed E-state index contributed by atoms with van der Waals surface area (Å²) in [4.78, 5) is 4.35. The summed E-state index contributed by atoms with van der Waals surface area (Å²) in [5.74, 6) is 1.27. The fraction of sp³-hybridized carbons (Fsp3) is 0.385. The summed E-state index contributed by atoms with van der Waals surface area (Å²) in [7, 11) is 0. The molecule has 1 aromatic heterocycles. The zero-order chi connectivity index (χ0) is 12.3. The molecule has 0 spiro atoms. The summed E-state index contributed by atoms with van der Waals surface area (Å²) < 4.78 is 5.24. The maximum absolute atomic E-state index is 5.24.